The van der Waals surface area contributed by atoms with E-state index in [0.29, 0.717) is 17.6 Å². The van der Waals surface area contributed by atoms with Gasteiger partial charge in [0.05, 0.1) is 11.4 Å². The minimum Gasteiger partial charge on any atom is -0.278 e. The van der Waals surface area contributed by atoms with Crippen LogP contribution in [0, 0.1) is 0 Å². The summed E-state index contributed by atoms with van der Waals surface area (Å²) < 4.78 is 2.44. The lowest BCUT2D eigenvalue weighted by Gasteiger charge is -2.32. The number of hydrogen-bond acceptors (Lipinski definition) is 5. The van der Waals surface area contributed by atoms with Crippen molar-refractivity contribution < 1.29 is 0 Å². The highest BCUT2D eigenvalue weighted by Crippen LogP contribution is 2.50. The van der Waals surface area contributed by atoms with Crippen molar-refractivity contribution in [2.75, 3.05) is 4.90 Å². The number of para-hydroxylation sites is 1. The zero-order valence-corrected chi connectivity index (χ0v) is 23.2. The second kappa shape index (κ2) is 9.06. The predicted octanol–water partition coefficient (Wildman–Crippen LogP) is 10.2. The van der Waals surface area contributed by atoms with E-state index in [1.165, 1.54) is 36.5 Å². The second-order valence-corrected chi connectivity index (χ2v) is 11.5. The van der Waals surface area contributed by atoms with Crippen LogP contribution < -0.4 is 4.90 Å². The molecule has 0 spiro atoms. The van der Waals surface area contributed by atoms with E-state index in [-0.39, 0.29) is 0 Å². The summed E-state index contributed by atoms with van der Waals surface area (Å²) in [6, 6.07) is 46.7. The van der Waals surface area contributed by atoms with Gasteiger partial charge in [-0.05, 0) is 35.2 Å². The molecule has 2 aromatic heterocycles. The Bertz CT molecular complexity index is 2320. The average molecular weight is 555 g/mol. The summed E-state index contributed by atoms with van der Waals surface area (Å²) in [5.74, 6) is 1.92. The quantitative estimate of drug-likeness (QED) is 0.218. The topological polar surface area (TPSA) is 41.9 Å². The van der Waals surface area contributed by atoms with E-state index < -0.39 is 0 Å². The van der Waals surface area contributed by atoms with Gasteiger partial charge in [-0.2, -0.15) is 9.97 Å². The van der Waals surface area contributed by atoms with Gasteiger partial charge in [0.2, 0.25) is 5.95 Å². The monoisotopic (exact) mass is 554 g/mol. The van der Waals surface area contributed by atoms with Gasteiger partial charge in [0.1, 0.15) is 0 Å². The van der Waals surface area contributed by atoms with Crippen molar-refractivity contribution in [1.82, 2.24) is 15.0 Å². The first kappa shape index (κ1) is 23.3. The molecule has 0 bridgehead atoms. The van der Waals surface area contributed by atoms with Crippen LogP contribution in [0.2, 0.25) is 0 Å². The molecule has 3 heterocycles. The molecule has 8 aromatic rings. The Labute approximate surface area is 246 Å². The number of hydrogen-bond donors (Lipinski definition) is 0. The van der Waals surface area contributed by atoms with Crippen LogP contribution in [0.1, 0.15) is 0 Å². The number of fused-ring (bicyclic) bond motifs is 5. The zero-order valence-electron chi connectivity index (χ0n) is 22.4. The highest BCUT2D eigenvalue weighted by Gasteiger charge is 2.28. The van der Waals surface area contributed by atoms with E-state index in [4.69, 9.17) is 15.0 Å². The largest absolute Gasteiger partial charge is 0.278 e. The Balaban J connectivity index is 1.36. The maximum Gasteiger partial charge on any atom is 0.238 e. The SMILES string of the molecule is c1ccc(-c2nc(-c3cccc4c3sc3ccccc34)nc(N3c4ccccc4-c4cccc5cccc3c45)n2)cc1. The number of aromatic nitrogens is 3. The molecule has 1 aliphatic rings. The van der Waals surface area contributed by atoms with Crippen molar-refractivity contribution in [2.24, 2.45) is 0 Å². The molecule has 0 saturated heterocycles. The molecule has 0 amide bonds. The van der Waals surface area contributed by atoms with Crippen molar-refractivity contribution in [2.45, 2.75) is 0 Å². The fourth-order valence-corrected chi connectivity index (χ4v) is 7.41. The number of nitrogens with zero attached hydrogens (tertiary/aromatic N) is 4. The smallest absolute Gasteiger partial charge is 0.238 e. The van der Waals surface area contributed by atoms with Crippen LogP contribution in [0.15, 0.2) is 133 Å². The Hall–Kier alpha value is -5.39. The molecule has 0 N–H and O–H groups in total. The van der Waals surface area contributed by atoms with Crippen LogP contribution in [0.3, 0.4) is 0 Å². The Morgan fingerprint density at radius 1 is 0.476 bits per heavy atom. The summed E-state index contributed by atoms with van der Waals surface area (Å²) in [6.45, 7) is 0. The first-order chi connectivity index (χ1) is 20.8. The summed E-state index contributed by atoms with van der Waals surface area (Å²) in [5.41, 5.74) is 6.48. The standard InChI is InChI=1S/C37H22N4S/c1-2-11-24(12-3-1)35-38-36(29-19-10-18-28-26-16-5-7-22-32(26)42-34(28)29)40-37(39-35)41-30-20-6-4-15-25(30)27-17-8-13-23-14-9-21-31(41)33(23)27/h1-22H. The molecule has 42 heavy (non-hydrogen) atoms. The molecule has 9 rings (SSSR count). The first-order valence-corrected chi connectivity index (χ1v) is 14.8. The summed E-state index contributed by atoms with van der Waals surface area (Å²) >= 11 is 1.79. The average Bonchev–Trinajstić information content (AvgIpc) is 3.44. The number of benzene rings is 6. The predicted molar refractivity (Wildman–Crippen MR) is 175 cm³/mol. The summed E-state index contributed by atoms with van der Waals surface area (Å²) in [6.07, 6.45) is 0. The Morgan fingerprint density at radius 3 is 2.07 bits per heavy atom. The molecule has 0 unspecified atom stereocenters. The lowest BCUT2D eigenvalue weighted by molar-refractivity contribution is 1.03. The first-order valence-electron chi connectivity index (χ1n) is 14.0. The van der Waals surface area contributed by atoms with Gasteiger partial charge >= 0.3 is 0 Å². The summed E-state index contributed by atoms with van der Waals surface area (Å²) in [4.78, 5) is 17.7. The summed E-state index contributed by atoms with van der Waals surface area (Å²) in [5, 5.41) is 4.87. The molecule has 0 atom stereocenters. The van der Waals surface area contributed by atoms with Crippen LogP contribution in [-0.4, -0.2) is 15.0 Å². The van der Waals surface area contributed by atoms with Gasteiger partial charge in [-0.25, -0.2) is 4.98 Å². The van der Waals surface area contributed by atoms with Crippen molar-refractivity contribution in [3.8, 4) is 33.9 Å². The van der Waals surface area contributed by atoms with Gasteiger partial charge < -0.3 is 0 Å². The van der Waals surface area contributed by atoms with Gasteiger partial charge in [-0.15, -0.1) is 11.3 Å². The molecular formula is C37H22N4S. The molecule has 1 aliphatic heterocycles. The number of anilines is 3. The molecule has 4 nitrogen and oxygen atoms in total. The fraction of sp³-hybridized carbons (Fsp3) is 0. The third kappa shape index (κ3) is 3.44. The molecule has 6 aromatic carbocycles. The van der Waals surface area contributed by atoms with E-state index in [9.17, 15) is 0 Å². The molecule has 196 valence electrons. The van der Waals surface area contributed by atoms with E-state index in [1.807, 2.05) is 18.2 Å². The van der Waals surface area contributed by atoms with E-state index in [0.717, 1.165) is 28.1 Å². The van der Waals surface area contributed by atoms with Crippen molar-refractivity contribution in [3.05, 3.63) is 133 Å². The lowest BCUT2D eigenvalue weighted by Crippen LogP contribution is -2.18. The Morgan fingerprint density at radius 2 is 1.14 bits per heavy atom. The molecule has 0 fully saturated rings. The zero-order chi connectivity index (χ0) is 27.6. The van der Waals surface area contributed by atoms with Crippen LogP contribution in [0.25, 0.3) is 64.8 Å². The van der Waals surface area contributed by atoms with Crippen LogP contribution in [-0.2, 0) is 0 Å². The normalized spacial score (nSPS) is 12.2. The highest BCUT2D eigenvalue weighted by molar-refractivity contribution is 7.26. The third-order valence-electron chi connectivity index (χ3n) is 8.06. The van der Waals surface area contributed by atoms with Crippen LogP contribution in [0.4, 0.5) is 17.3 Å². The van der Waals surface area contributed by atoms with Gasteiger partial charge in [0.15, 0.2) is 11.6 Å². The fourth-order valence-electron chi connectivity index (χ4n) is 6.20. The second-order valence-electron chi connectivity index (χ2n) is 10.5. The van der Waals surface area contributed by atoms with Crippen LogP contribution in [0.5, 0.6) is 0 Å². The van der Waals surface area contributed by atoms with Gasteiger partial charge in [0.25, 0.3) is 0 Å². The molecule has 0 aliphatic carbocycles. The Kier molecular flexibility index (Phi) is 5.03. The lowest BCUT2D eigenvalue weighted by atomic mass is 9.91. The maximum absolute atomic E-state index is 5.24. The van der Waals surface area contributed by atoms with E-state index >= 15 is 0 Å². The third-order valence-corrected chi connectivity index (χ3v) is 9.28. The van der Waals surface area contributed by atoms with Crippen molar-refractivity contribution >= 4 is 59.6 Å². The van der Waals surface area contributed by atoms with Crippen molar-refractivity contribution in [1.29, 1.82) is 0 Å². The van der Waals surface area contributed by atoms with Gasteiger partial charge in [-0.1, -0.05) is 109 Å². The van der Waals surface area contributed by atoms with E-state index in [1.54, 1.807) is 11.3 Å². The minimum atomic E-state index is 0.603. The summed E-state index contributed by atoms with van der Waals surface area (Å²) in [7, 11) is 0. The number of rotatable bonds is 3. The molecular weight excluding hydrogens is 533 g/mol. The molecule has 0 saturated carbocycles. The molecule has 0 radical (unpaired) electrons. The van der Waals surface area contributed by atoms with Crippen molar-refractivity contribution in [3.63, 3.8) is 0 Å². The minimum absolute atomic E-state index is 0.603. The van der Waals surface area contributed by atoms with E-state index in [2.05, 4.69) is 120 Å². The maximum atomic E-state index is 5.24. The highest BCUT2D eigenvalue weighted by atomic mass is 32.1. The number of thiophene rings is 1. The van der Waals surface area contributed by atoms with Gasteiger partial charge in [0, 0.05) is 42.2 Å². The van der Waals surface area contributed by atoms with Gasteiger partial charge in [-0.3, -0.25) is 4.90 Å². The molecule has 5 heteroatoms. The van der Waals surface area contributed by atoms with Crippen LogP contribution >= 0.6 is 11.3 Å².